The average molecular weight is 444 g/mol. The number of carbonyl (C=O) groups excluding carboxylic acids is 2. The first-order chi connectivity index (χ1) is 14.5. The van der Waals surface area contributed by atoms with E-state index in [9.17, 15) is 22.8 Å². The van der Waals surface area contributed by atoms with Gasteiger partial charge >= 0.3 is 6.18 Å². The molecule has 31 heavy (non-hydrogen) atoms. The van der Waals surface area contributed by atoms with Crippen molar-refractivity contribution >= 4 is 17.5 Å². The molecule has 6 nitrogen and oxygen atoms in total. The van der Waals surface area contributed by atoms with Gasteiger partial charge in [0, 0.05) is 25.4 Å². The summed E-state index contributed by atoms with van der Waals surface area (Å²) in [7, 11) is 1.49. The number of aryl methyl sites for hydroxylation is 1. The van der Waals surface area contributed by atoms with Crippen LogP contribution in [0.1, 0.15) is 30.9 Å². The van der Waals surface area contributed by atoms with E-state index in [0.29, 0.717) is 5.69 Å². The van der Waals surface area contributed by atoms with Gasteiger partial charge < -0.3 is 15.0 Å². The summed E-state index contributed by atoms with van der Waals surface area (Å²) < 4.78 is 44.3. The summed E-state index contributed by atoms with van der Waals surface area (Å²) in [6.07, 6.45) is -2.82. The van der Waals surface area contributed by atoms with Gasteiger partial charge in [-0.3, -0.25) is 14.5 Å². The summed E-state index contributed by atoms with van der Waals surface area (Å²) in [5, 5.41) is 2.82. The van der Waals surface area contributed by atoms with Gasteiger partial charge in [-0.1, -0.05) is 12.1 Å². The number of hydrogen-bond acceptors (Lipinski definition) is 4. The number of benzene rings is 1. The smallest absolute Gasteiger partial charge is 0.383 e. The minimum Gasteiger partial charge on any atom is -0.383 e. The number of nitrogens with zero attached hydrogens (tertiary/aromatic N) is 2. The van der Waals surface area contributed by atoms with Crippen molar-refractivity contribution in [1.82, 2.24) is 9.80 Å². The largest absolute Gasteiger partial charge is 0.406 e. The molecule has 1 saturated carbocycles. The molecule has 1 atom stereocenters. The number of anilines is 1. The van der Waals surface area contributed by atoms with Gasteiger partial charge in [0.15, 0.2) is 0 Å². The lowest BCUT2D eigenvalue weighted by Gasteiger charge is -2.32. The van der Waals surface area contributed by atoms with Gasteiger partial charge in [-0.15, -0.1) is 0 Å². The van der Waals surface area contributed by atoms with Crippen LogP contribution >= 0.6 is 0 Å². The number of nitrogens with one attached hydrogen (secondary N) is 1. The molecule has 1 unspecified atom stereocenters. The molecule has 1 N–H and O–H groups in total. The maximum Gasteiger partial charge on any atom is 0.406 e. The van der Waals surface area contributed by atoms with E-state index in [1.165, 1.54) is 12.0 Å². The highest BCUT2D eigenvalue weighted by molar-refractivity contribution is 5.93. The molecule has 0 spiro atoms. The van der Waals surface area contributed by atoms with Crippen molar-refractivity contribution < 1.29 is 27.5 Å². The minimum absolute atomic E-state index is 0.103. The van der Waals surface area contributed by atoms with E-state index in [4.69, 9.17) is 4.74 Å². The van der Waals surface area contributed by atoms with Crippen molar-refractivity contribution in [3.8, 4) is 0 Å². The lowest BCUT2D eigenvalue weighted by atomic mass is 10.1. The fourth-order valence-electron chi connectivity index (χ4n) is 3.48. The van der Waals surface area contributed by atoms with Gasteiger partial charge in [0.05, 0.1) is 19.7 Å². The molecule has 0 bridgehead atoms. The van der Waals surface area contributed by atoms with Gasteiger partial charge in [0.25, 0.3) is 0 Å². The van der Waals surface area contributed by atoms with E-state index in [0.717, 1.165) is 28.9 Å². The Hall–Kier alpha value is -2.13. The Morgan fingerprint density at radius 2 is 1.90 bits per heavy atom. The Morgan fingerprint density at radius 3 is 2.48 bits per heavy atom. The molecule has 1 aromatic carbocycles. The van der Waals surface area contributed by atoms with E-state index in [-0.39, 0.29) is 38.1 Å². The monoisotopic (exact) mass is 443 g/mol. The Labute approximate surface area is 181 Å². The molecule has 2 rings (SSSR count). The number of hydrogen-bond donors (Lipinski definition) is 1. The van der Waals surface area contributed by atoms with Gasteiger partial charge in [0.2, 0.25) is 11.8 Å². The number of methoxy groups -OCH3 is 1. The van der Waals surface area contributed by atoms with Crippen molar-refractivity contribution in [2.24, 2.45) is 5.92 Å². The second-order valence-electron chi connectivity index (χ2n) is 8.21. The molecule has 1 aromatic rings. The highest BCUT2D eigenvalue weighted by Gasteiger charge is 2.40. The first-order valence-electron chi connectivity index (χ1n) is 10.5. The maximum absolute atomic E-state index is 13.1. The quantitative estimate of drug-likeness (QED) is 0.570. The van der Waals surface area contributed by atoms with Crippen LogP contribution in [0.3, 0.4) is 0 Å². The van der Waals surface area contributed by atoms with Crippen LogP contribution in [0.4, 0.5) is 18.9 Å². The standard InChI is InChI=1S/C22H32F3N3O3/c1-15-6-5-7-19(16(15)2)26-20(29)12-27(10-11-31-4)13-21(30)28(14-22(23,24)25)17(3)18-8-9-18/h5-7,17-18H,8-14H2,1-4H3,(H,26,29). The first kappa shape index (κ1) is 25.1. The molecule has 174 valence electrons. The zero-order valence-corrected chi connectivity index (χ0v) is 18.6. The molecule has 0 radical (unpaired) electrons. The minimum atomic E-state index is -4.48. The van der Waals surface area contributed by atoms with Gasteiger partial charge in [0.1, 0.15) is 6.54 Å². The Morgan fingerprint density at radius 1 is 1.23 bits per heavy atom. The molecule has 1 aliphatic rings. The van der Waals surface area contributed by atoms with Crippen LogP contribution in [0.2, 0.25) is 0 Å². The molecular formula is C22H32F3N3O3. The molecule has 1 fully saturated rings. The summed E-state index contributed by atoms with van der Waals surface area (Å²) in [6.45, 7) is 4.30. The third-order valence-corrected chi connectivity index (χ3v) is 5.68. The number of ether oxygens (including phenoxy) is 1. The second-order valence-corrected chi connectivity index (χ2v) is 8.21. The Bertz CT molecular complexity index is 766. The van der Waals surface area contributed by atoms with Crippen molar-refractivity contribution in [3.63, 3.8) is 0 Å². The zero-order valence-electron chi connectivity index (χ0n) is 18.6. The fraction of sp³-hybridized carbons (Fsp3) is 0.636. The third-order valence-electron chi connectivity index (χ3n) is 5.68. The summed E-state index contributed by atoms with van der Waals surface area (Å²) in [4.78, 5) is 27.8. The van der Waals surface area contributed by atoms with Crippen molar-refractivity contribution in [2.75, 3.05) is 45.2 Å². The number of carbonyl (C=O) groups is 2. The predicted molar refractivity (Wildman–Crippen MR) is 113 cm³/mol. The van der Waals surface area contributed by atoms with Crippen LogP contribution in [-0.2, 0) is 14.3 Å². The summed E-state index contributed by atoms with van der Waals surface area (Å²) in [6, 6.07) is 5.07. The lowest BCUT2D eigenvalue weighted by Crippen LogP contribution is -2.50. The van der Waals surface area contributed by atoms with Crippen LogP contribution in [0.25, 0.3) is 0 Å². The van der Waals surface area contributed by atoms with E-state index in [2.05, 4.69) is 5.32 Å². The maximum atomic E-state index is 13.1. The van der Waals surface area contributed by atoms with E-state index in [1.807, 2.05) is 26.0 Å². The van der Waals surface area contributed by atoms with Crippen molar-refractivity contribution in [3.05, 3.63) is 29.3 Å². The summed E-state index contributed by atoms with van der Waals surface area (Å²) >= 11 is 0. The van der Waals surface area contributed by atoms with E-state index >= 15 is 0 Å². The van der Waals surface area contributed by atoms with Crippen molar-refractivity contribution in [1.29, 1.82) is 0 Å². The predicted octanol–water partition coefficient (Wildman–Crippen LogP) is 3.38. The molecule has 0 aliphatic heterocycles. The molecule has 1 aliphatic carbocycles. The van der Waals surface area contributed by atoms with Crippen LogP contribution in [0, 0.1) is 19.8 Å². The number of halogens is 3. The summed E-state index contributed by atoms with van der Waals surface area (Å²) in [5.74, 6) is -0.867. The van der Waals surface area contributed by atoms with Crippen LogP contribution in [-0.4, -0.2) is 73.7 Å². The van der Waals surface area contributed by atoms with Crippen LogP contribution in [0.15, 0.2) is 18.2 Å². The zero-order chi connectivity index (χ0) is 23.2. The Kier molecular flexibility index (Phi) is 8.88. The van der Waals surface area contributed by atoms with E-state index < -0.39 is 24.7 Å². The molecule has 0 saturated heterocycles. The van der Waals surface area contributed by atoms with Gasteiger partial charge in [-0.25, -0.2) is 0 Å². The fourth-order valence-corrected chi connectivity index (χ4v) is 3.48. The number of rotatable bonds is 11. The topological polar surface area (TPSA) is 61.9 Å². The molecular weight excluding hydrogens is 411 g/mol. The molecule has 9 heteroatoms. The van der Waals surface area contributed by atoms with Gasteiger partial charge in [-0.2, -0.15) is 13.2 Å². The first-order valence-corrected chi connectivity index (χ1v) is 10.5. The summed E-state index contributed by atoms with van der Waals surface area (Å²) in [5.41, 5.74) is 2.63. The molecule has 0 heterocycles. The number of alkyl halides is 3. The van der Waals surface area contributed by atoms with Crippen molar-refractivity contribution in [2.45, 2.75) is 45.8 Å². The average Bonchev–Trinajstić information content (AvgIpc) is 3.51. The van der Waals surface area contributed by atoms with Crippen LogP contribution in [0.5, 0.6) is 0 Å². The van der Waals surface area contributed by atoms with Crippen LogP contribution < -0.4 is 5.32 Å². The highest BCUT2D eigenvalue weighted by atomic mass is 19.4. The normalized spacial score (nSPS) is 15.1. The second kappa shape index (κ2) is 10.9. The van der Waals surface area contributed by atoms with E-state index in [1.54, 1.807) is 13.0 Å². The number of amides is 2. The molecule has 2 amide bonds. The highest BCUT2D eigenvalue weighted by Crippen LogP contribution is 2.36. The lowest BCUT2D eigenvalue weighted by molar-refractivity contribution is -0.166. The SMILES string of the molecule is COCCN(CC(=O)Nc1cccc(C)c1C)CC(=O)N(CC(F)(F)F)C(C)C1CC1. The Balaban J connectivity index is 2.06. The third kappa shape index (κ3) is 8.14. The molecule has 0 aromatic heterocycles. The van der Waals surface area contributed by atoms with Gasteiger partial charge in [-0.05, 0) is 56.7 Å².